The van der Waals surface area contributed by atoms with E-state index in [2.05, 4.69) is 77.8 Å². The monoisotopic (exact) mass is 483 g/mol. The van der Waals surface area contributed by atoms with E-state index in [1.165, 1.54) is 15.9 Å². The molecule has 0 aromatic heterocycles. The third-order valence-corrected chi connectivity index (χ3v) is 9.28. The third kappa shape index (κ3) is 5.78. The number of Topliss-reactive ketones (excluding diaryl/α,β-unsaturated/α-hetero) is 1. The van der Waals surface area contributed by atoms with Crippen LogP contribution in [0.4, 0.5) is 0 Å². The van der Waals surface area contributed by atoms with Crippen LogP contribution in [0.1, 0.15) is 12.8 Å². The zero-order chi connectivity index (χ0) is 20.5. The molecule has 0 heterocycles. The minimum Gasteiger partial charge on any atom is -1.00 e. The van der Waals surface area contributed by atoms with Gasteiger partial charge in [0.15, 0.2) is 11.7 Å². The molecule has 0 aliphatic rings. The lowest BCUT2D eigenvalue weighted by Gasteiger charge is -2.27. The summed E-state index contributed by atoms with van der Waals surface area (Å²) in [5.41, 5.74) is 10.8. The van der Waals surface area contributed by atoms with Crippen LogP contribution >= 0.6 is 7.26 Å². The highest BCUT2D eigenvalue weighted by atomic mass is 79.9. The Morgan fingerprint density at radius 2 is 1.13 bits per heavy atom. The van der Waals surface area contributed by atoms with Gasteiger partial charge in [-0.05, 0) is 42.8 Å². The molecule has 30 heavy (non-hydrogen) atoms. The van der Waals surface area contributed by atoms with Crippen LogP contribution in [0.25, 0.3) is 0 Å². The number of benzene rings is 3. The normalized spacial score (nSPS) is 10.7. The SMILES string of the molecule is NC(N)=NCCCC(=O)C[P+](c1ccccc1)(c1ccccc1)c1ccccc1.[Br-]. The average molecular weight is 484 g/mol. The number of aliphatic imine (C=N–C) groups is 1. The lowest BCUT2D eigenvalue weighted by atomic mass is 10.2. The smallest absolute Gasteiger partial charge is 0.185 e. The van der Waals surface area contributed by atoms with Crippen molar-refractivity contribution in [3.63, 3.8) is 0 Å². The molecule has 0 amide bonds. The van der Waals surface area contributed by atoms with Crippen molar-refractivity contribution in [2.45, 2.75) is 12.8 Å². The Kier molecular flexibility index (Phi) is 9.22. The van der Waals surface area contributed by atoms with Gasteiger partial charge in [-0.25, -0.2) is 0 Å². The minimum absolute atomic E-state index is 0. The third-order valence-electron chi connectivity index (χ3n) is 4.91. The second-order valence-corrected chi connectivity index (χ2v) is 10.4. The van der Waals surface area contributed by atoms with E-state index in [9.17, 15) is 4.79 Å². The van der Waals surface area contributed by atoms with E-state index >= 15 is 0 Å². The molecule has 0 atom stereocenters. The molecule has 3 rings (SSSR count). The van der Waals surface area contributed by atoms with Crippen LogP contribution in [0.5, 0.6) is 0 Å². The highest BCUT2D eigenvalue weighted by Gasteiger charge is 2.46. The van der Waals surface area contributed by atoms with Crippen molar-refractivity contribution in [2.75, 3.05) is 12.7 Å². The highest BCUT2D eigenvalue weighted by molar-refractivity contribution is 7.96. The fourth-order valence-electron chi connectivity index (χ4n) is 3.60. The second kappa shape index (κ2) is 11.6. The summed E-state index contributed by atoms with van der Waals surface area (Å²) >= 11 is 0. The number of ketones is 1. The first-order chi connectivity index (χ1) is 14.1. The molecule has 156 valence electrons. The van der Waals surface area contributed by atoms with E-state index in [-0.39, 0.29) is 28.7 Å². The molecule has 4 N–H and O–H groups in total. The minimum atomic E-state index is -2.11. The maximum atomic E-state index is 13.1. The van der Waals surface area contributed by atoms with Gasteiger partial charge >= 0.3 is 0 Å². The summed E-state index contributed by atoms with van der Waals surface area (Å²) < 4.78 is 0. The number of hydrogen-bond donors (Lipinski definition) is 2. The Labute approximate surface area is 189 Å². The van der Waals surface area contributed by atoms with Crippen molar-refractivity contribution in [1.29, 1.82) is 0 Å². The van der Waals surface area contributed by atoms with Crippen LogP contribution in [0, 0.1) is 0 Å². The molecule has 0 radical (unpaired) electrons. The topological polar surface area (TPSA) is 81.5 Å². The van der Waals surface area contributed by atoms with E-state index in [1.807, 2.05) is 18.2 Å². The van der Waals surface area contributed by atoms with Gasteiger partial charge in [0, 0.05) is 13.0 Å². The Balaban J connectivity index is 0.00000320. The zero-order valence-electron chi connectivity index (χ0n) is 16.8. The van der Waals surface area contributed by atoms with Crippen LogP contribution in [0.15, 0.2) is 96.0 Å². The Morgan fingerprint density at radius 3 is 1.50 bits per heavy atom. The van der Waals surface area contributed by atoms with E-state index in [4.69, 9.17) is 11.5 Å². The molecule has 0 unspecified atom stereocenters. The van der Waals surface area contributed by atoms with Crippen LogP contribution in [-0.4, -0.2) is 24.4 Å². The van der Waals surface area contributed by atoms with Crippen LogP contribution in [-0.2, 0) is 4.79 Å². The molecular weight excluding hydrogens is 457 g/mol. The number of rotatable bonds is 9. The van der Waals surface area contributed by atoms with Crippen LogP contribution < -0.4 is 44.4 Å². The molecule has 3 aromatic rings. The summed E-state index contributed by atoms with van der Waals surface area (Å²) in [7, 11) is -2.11. The van der Waals surface area contributed by atoms with Gasteiger partial charge in [0.05, 0.1) is 0 Å². The fourth-order valence-corrected chi connectivity index (χ4v) is 7.77. The molecule has 0 saturated carbocycles. The average Bonchev–Trinajstić information content (AvgIpc) is 2.77. The zero-order valence-corrected chi connectivity index (χ0v) is 19.3. The summed E-state index contributed by atoms with van der Waals surface area (Å²) in [4.78, 5) is 17.1. The number of halogens is 1. The van der Waals surface area contributed by atoms with E-state index in [0.29, 0.717) is 25.5 Å². The Bertz CT molecular complexity index is 849. The van der Waals surface area contributed by atoms with Gasteiger partial charge < -0.3 is 28.4 Å². The van der Waals surface area contributed by atoms with E-state index < -0.39 is 7.26 Å². The maximum Gasteiger partial charge on any atom is 0.185 e. The molecular formula is C24H27BrN3OP. The van der Waals surface area contributed by atoms with Crippen LogP contribution in [0.2, 0.25) is 0 Å². The predicted molar refractivity (Wildman–Crippen MR) is 125 cm³/mol. The van der Waals surface area contributed by atoms with Crippen LogP contribution in [0.3, 0.4) is 0 Å². The molecule has 0 fully saturated rings. The first-order valence-corrected chi connectivity index (χ1v) is 11.7. The fraction of sp³-hybridized carbons (Fsp3) is 0.167. The van der Waals surface area contributed by atoms with Gasteiger partial charge in [-0.3, -0.25) is 9.79 Å². The number of carbonyl (C=O) groups is 1. The van der Waals surface area contributed by atoms with Gasteiger partial charge in [0.1, 0.15) is 29.3 Å². The number of guanidine groups is 1. The van der Waals surface area contributed by atoms with Crippen molar-refractivity contribution in [1.82, 2.24) is 0 Å². The number of nitrogens with zero attached hydrogens (tertiary/aromatic N) is 1. The number of nitrogens with two attached hydrogens (primary N) is 2. The van der Waals surface area contributed by atoms with Gasteiger partial charge in [-0.15, -0.1) is 0 Å². The summed E-state index contributed by atoms with van der Waals surface area (Å²) in [6.07, 6.45) is 1.60. The van der Waals surface area contributed by atoms with Gasteiger partial charge in [0.25, 0.3) is 0 Å². The molecule has 0 bridgehead atoms. The van der Waals surface area contributed by atoms with Crippen molar-refractivity contribution in [2.24, 2.45) is 16.5 Å². The van der Waals surface area contributed by atoms with E-state index in [0.717, 1.165) is 0 Å². The summed E-state index contributed by atoms with van der Waals surface area (Å²) in [6, 6.07) is 31.3. The quantitative estimate of drug-likeness (QED) is 0.188. The number of carbonyl (C=O) groups excluding carboxylic acids is 1. The van der Waals surface area contributed by atoms with Gasteiger partial charge in [-0.2, -0.15) is 0 Å². The van der Waals surface area contributed by atoms with Gasteiger partial charge in [-0.1, -0.05) is 54.6 Å². The van der Waals surface area contributed by atoms with Crippen molar-refractivity contribution in [3.05, 3.63) is 91.0 Å². The second-order valence-electron chi connectivity index (χ2n) is 6.92. The van der Waals surface area contributed by atoms with Crippen molar-refractivity contribution >= 4 is 34.9 Å². The van der Waals surface area contributed by atoms with Crippen molar-refractivity contribution in [3.8, 4) is 0 Å². The van der Waals surface area contributed by atoms with E-state index in [1.54, 1.807) is 0 Å². The molecule has 0 aliphatic carbocycles. The first kappa shape index (κ1) is 23.8. The summed E-state index contributed by atoms with van der Waals surface area (Å²) in [5, 5.41) is 3.65. The lowest BCUT2D eigenvalue weighted by molar-refractivity contribution is -0.116. The molecule has 0 aliphatic heterocycles. The molecule has 0 spiro atoms. The first-order valence-electron chi connectivity index (χ1n) is 9.75. The maximum absolute atomic E-state index is 13.1. The Morgan fingerprint density at radius 1 is 0.733 bits per heavy atom. The predicted octanol–water partition coefficient (Wildman–Crippen LogP) is -0.393. The molecule has 6 heteroatoms. The highest BCUT2D eigenvalue weighted by Crippen LogP contribution is 2.55. The molecule has 3 aromatic carbocycles. The summed E-state index contributed by atoms with van der Waals surface area (Å²) in [6.45, 7) is 0.474. The Hall–Kier alpha value is -2.49. The molecule has 4 nitrogen and oxygen atoms in total. The number of hydrogen-bond acceptors (Lipinski definition) is 2. The van der Waals surface area contributed by atoms with Gasteiger partial charge in [0.2, 0.25) is 0 Å². The largest absolute Gasteiger partial charge is 1.00 e. The summed E-state index contributed by atoms with van der Waals surface area (Å²) in [5.74, 6) is 0.304. The lowest BCUT2D eigenvalue weighted by Crippen LogP contribution is -3.00. The molecule has 0 saturated heterocycles. The standard InChI is InChI=1S/C24H27N3OP.BrH/c25-24(26)27-18-10-11-20(28)19-29(21-12-4-1-5-13-21,22-14-6-2-7-15-22)23-16-8-3-9-17-23;/h1-9,12-17H,10-11,18-19H2,(H4,25,26,27);1H/q+1;/p-1. The van der Waals surface area contributed by atoms with Crippen molar-refractivity contribution < 1.29 is 21.8 Å².